The average molecular weight is 312 g/mol. The third-order valence-corrected chi connectivity index (χ3v) is 3.41. The van der Waals surface area contributed by atoms with Gasteiger partial charge in [0.2, 0.25) is 0 Å². The lowest BCUT2D eigenvalue weighted by Gasteiger charge is -2.15. The van der Waals surface area contributed by atoms with Crippen molar-refractivity contribution in [3.63, 3.8) is 0 Å². The second-order valence-electron chi connectivity index (χ2n) is 4.81. The van der Waals surface area contributed by atoms with Crippen LogP contribution in [0.4, 0.5) is 8.78 Å². The minimum atomic E-state index is -0.705. The second-order valence-corrected chi connectivity index (χ2v) is 5.21. The van der Waals surface area contributed by atoms with Crippen molar-refractivity contribution in [1.82, 2.24) is 0 Å². The number of rotatable bonds is 5. The summed E-state index contributed by atoms with van der Waals surface area (Å²) in [4.78, 5) is 0. The average Bonchev–Trinajstić information content (AvgIpc) is 2.41. The molecule has 0 amide bonds. The first kappa shape index (κ1) is 15.7. The highest BCUT2D eigenvalue weighted by Crippen LogP contribution is 2.34. The fourth-order valence-electron chi connectivity index (χ4n) is 1.96. The molecule has 1 unspecified atom stereocenters. The molecule has 0 heterocycles. The zero-order chi connectivity index (χ0) is 15.4. The van der Waals surface area contributed by atoms with Gasteiger partial charge in [0, 0.05) is 24.2 Å². The Bertz CT molecular complexity index is 613. The minimum Gasteiger partial charge on any atom is -0.455 e. The Labute approximate surface area is 127 Å². The molecular weight excluding hydrogens is 296 g/mol. The molecule has 2 aromatic carbocycles. The van der Waals surface area contributed by atoms with Gasteiger partial charge in [-0.15, -0.1) is 0 Å². The van der Waals surface area contributed by atoms with Crippen LogP contribution in [0.5, 0.6) is 11.5 Å². The van der Waals surface area contributed by atoms with Gasteiger partial charge in [-0.1, -0.05) is 30.7 Å². The Morgan fingerprint density at radius 2 is 1.86 bits per heavy atom. The second kappa shape index (κ2) is 6.87. The molecule has 0 spiro atoms. The molecule has 0 aliphatic heterocycles. The highest BCUT2D eigenvalue weighted by atomic mass is 35.5. The molecule has 0 bridgehead atoms. The van der Waals surface area contributed by atoms with E-state index in [0.29, 0.717) is 17.2 Å². The van der Waals surface area contributed by atoms with Gasteiger partial charge in [0.25, 0.3) is 0 Å². The van der Waals surface area contributed by atoms with Crippen molar-refractivity contribution in [3.05, 3.63) is 58.6 Å². The van der Waals surface area contributed by atoms with Crippen molar-refractivity contribution in [3.8, 4) is 11.5 Å². The summed E-state index contributed by atoms with van der Waals surface area (Å²) in [7, 11) is 0. The zero-order valence-electron chi connectivity index (χ0n) is 11.6. The summed E-state index contributed by atoms with van der Waals surface area (Å²) in [5, 5.41) is 0.375. The van der Waals surface area contributed by atoms with Gasteiger partial charge < -0.3 is 10.5 Å². The Hall–Kier alpha value is -1.65. The monoisotopic (exact) mass is 311 g/mol. The summed E-state index contributed by atoms with van der Waals surface area (Å²) < 4.78 is 32.0. The molecule has 2 nitrogen and oxygen atoms in total. The van der Waals surface area contributed by atoms with E-state index in [-0.39, 0.29) is 11.8 Å². The molecule has 0 saturated carbocycles. The van der Waals surface area contributed by atoms with Gasteiger partial charge in [-0.25, -0.2) is 8.78 Å². The van der Waals surface area contributed by atoms with E-state index in [2.05, 4.69) is 0 Å². The predicted molar refractivity (Wildman–Crippen MR) is 79.9 cm³/mol. The number of hydrogen-bond acceptors (Lipinski definition) is 2. The fraction of sp³-hybridized carbons (Fsp3) is 0.250. The molecule has 1 atom stereocenters. The first-order valence-corrected chi connectivity index (χ1v) is 7.04. The third kappa shape index (κ3) is 4.16. The van der Waals surface area contributed by atoms with Crippen molar-refractivity contribution in [2.75, 3.05) is 0 Å². The van der Waals surface area contributed by atoms with Crippen LogP contribution in [-0.4, -0.2) is 6.04 Å². The quantitative estimate of drug-likeness (QED) is 0.869. The Kier molecular flexibility index (Phi) is 5.15. The maximum absolute atomic E-state index is 13.2. The molecule has 0 aliphatic rings. The molecule has 0 saturated heterocycles. The van der Waals surface area contributed by atoms with Crippen LogP contribution in [0, 0.1) is 11.6 Å². The van der Waals surface area contributed by atoms with Crippen LogP contribution >= 0.6 is 11.6 Å². The Morgan fingerprint density at radius 3 is 2.48 bits per heavy atom. The smallest absolute Gasteiger partial charge is 0.149 e. The van der Waals surface area contributed by atoms with Crippen LogP contribution in [0.1, 0.15) is 18.9 Å². The van der Waals surface area contributed by atoms with E-state index in [1.807, 2.05) is 13.0 Å². The molecule has 2 N–H and O–H groups in total. The molecule has 0 fully saturated rings. The first-order valence-electron chi connectivity index (χ1n) is 6.66. The van der Waals surface area contributed by atoms with Gasteiger partial charge in [-0.3, -0.25) is 0 Å². The van der Waals surface area contributed by atoms with Gasteiger partial charge in [0.15, 0.2) is 0 Å². The largest absolute Gasteiger partial charge is 0.455 e. The molecule has 0 radical (unpaired) electrons. The summed E-state index contributed by atoms with van der Waals surface area (Å²) >= 11 is 6.13. The topological polar surface area (TPSA) is 35.2 Å². The Balaban J connectivity index is 2.34. The summed E-state index contributed by atoms with van der Waals surface area (Å²) in [5.41, 5.74) is 6.75. The van der Waals surface area contributed by atoms with E-state index in [9.17, 15) is 8.78 Å². The summed E-state index contributed by atoms with van der Waals surface area (Å²) in [6.07, 6.45) is 1.38. The fourth-order valence-corrected chi connectivity index (χ4v) is 2.19. The van der Waals surface area contributed by atoms with Crippen molar-refractivity contribution in [1.29, 1.82) is 0 Å². The van der Waals surface area contributed by atoms with E-state index in [1.54, 1.807) is 12.1 Å². The maximum Gasteiger partial charge on any atom is 0.149 e. The lowest BCUT2D eigenvalue weighted by Crippen LogP contribution is -2.21. The molecule has 0 aliphatic carbocycles. The summed E-state index contributed by atoms with van der Waals surface area (Å²) in [5.74, 6) is -0.965. The molecule has 2 aromatic rings. The molecule has 0 aromatic heterocycles. The van der Waals surface area contributed by atoms with Crippen LogP contribution in [0.15, 0.2) is 36.4 Å². The highest BCUT2D eigenvalue weighted by molar-refractivity contribution is 6.32. The predicted octanol–water partition coefficient (Wildman–Crippen LogP) is 4.69. The number of halogens is 3. The SMILES string of the molecule is CCC(N)Cc1cccc(Cl)c1Oc1cc(F)cc(F)c1. The van der Waals surface area contributed by atoms with Crippen LogP contribution in [0.2, 0.25) is 5.02 Å². The van der Waals surface area contributed by atoms with E-state index in [0.717, 1.165) is 30.2 Å². The van der Waals surface area contributed by atoms with E-state index in [4.69, 9.17) is 22.1 Å². The lowest BCUT2D eigenvalue weighted by molar-refractivity contribution is 0.460. The maximum atomic E-state index is 13.2. The van der Waals surface area contributed by atoms with Gasteiger partial charge >= 0.3 is 0 Å². The molecule has 2 rings (SSSR count). The number of ether oxygens (including phenoxy) is 1. The first-order chi connectivity index (χ1) is 9.99. The van der Waals surface area contributed by atoms with Crippen molar-refractivity contribution in [2.45, 2.75) is 25.8 Å². The summed E-state index contributed by atoms with van der Waals surface area (Å²) in [6, 6.07) is 8.26. The standard InChI is InChI=1S/C16H16ClF2NO/c1-2-13(20)6-10-4-3-5-15(17)16(10)21-14-8-11(18)7-12(19)9-14/h3-5,7-9,13H,2,6,20H2,1H3. The lowest BCUT2D eigenvalue weighted by atomic mass is 10.0. The third-order valence-electron chi connectivity index (χ3n) is 3.11. The minimum absolute atomic E-state index is 0.0323. The summed E-state index contributed by atoms with van der Waals surface area (Å²) in [6.45, 7) is 1.98. The van der Waals surface area contributed by atoms with E-state index < -0.39 is 11.6 Å². The van der Waals surface area contributed by atoms with Gasteiger partial charge in [0.05, 0.1) is 5.02 Å². The van der Waals surface area contributed by atoms with Gasteiger partial charge in [-0.2, -0.15) is 0 Å². The molecular formula is C16H16ClF2NO. The van der Waals surface area contributed by atoms with Crippen LogP contribution in [-0.2, 0) is 6.42 Å². The number of para-hydroxylation sites is 1. The number of hydrogen-bond donors (Lipinski definition) is 1. The van der Waals surface area contributed by atoms with Crippen LogP contribution < -0.4 is 10.5 Å². The van der Waals surface area contributed by atoms with Crippen molar-refractivity contribution >= 4 is 11.6 Å². The van der Waals surface area contributed by atoms with E-state index >= 15 is 0 Å². The zero-order valence-corrected chi connectivity index (χ0v) is 12.3. The molecule has 5 heteroatoms. The van der Waals surface area contributed by atoms with Crippen molar-refractivity contribution in [2.24, 2.45) is 5.73 Å². The Morgan fingerprint density at radius 1 is 1.19 bits per heavy atom. The highest BCUT2D eigenvalue weighted by Gasteiger charge is 2.13. The van der Waals surface area contributed by atoms with Crippen molar-refractivity contribution < 1.29 is 13.5 Å². The molecule has 21 heavy (non-hydrogen) atoms. The normalized spacial score (nSPS) is 12.2. The number of nitrogens with two attached hydrogens (primary N) is 1. The van der Waals surface area contributed by atoms with Crippen LogP contribution in [0.25, 0.3) is 0 Å². The van der Waals surface area contributed by atoms with E-state index in [1.165, 1.54) is 0 Å². The van der Waals surface area contributed by atoms with Gasteiger partial charge in [-0.05, 0) is 24.5 Å². The molecule has 112 valence electrons. The van der Waals surface area contributed by atoms with Gasteiger partial charge in [0.1, 0.15) is 23.1 Å². The van der Waals surface area contributed by atoms with Crippen LogP contribution in [0.3, 0.4) is 0 Å². The number of benzene rings is 2.